The van der Waals surface area contributed by atoms with Crippen LogP contribution in [0, 0.1) is 6.58 Å². The minimum absolute atomic E-state index is 1.25. The molecule has 0 fully saturated rings. The van der Waals surface area contributed by atoms with Gasteiger partial charge in [0.2, 0.25) is 0 Å². The first-order valence-corrected chi connectivity index (χ1v) is 1.53. The highest BCUT2D eigenvalue weighted by Crippen LogP contribution is 1.64. The van der Waals surface area contributed by atoms with Crippen molar-refractivity contribution in [1.29, 1.82) is 0 Å². The van der Waals surface area contributed by atoms with Crippen molar-refractivity contribution in [3.63, 3.8) is 0 Å². The molecule has 0 aliphatic heterocycles. The van der Waals surface area contributed by atoms with Gasteiger partial charge in [0.05, 0.1) is 0 Å². The van der Waals surface area contributed by atoms with Crippen molar-refractivity contribution >= 4 is 0 Å². The smallest absolute Gasteiger partial charge is 0.00991 e. The normalized spacial score (nSPS) is 9.00. The molecule has 2 radical (unpaired) electrons. The fraction of sp³-hybridized carbons (Fsp3) is 0.200. The second-order valence-electron chi connectivity index (χ2n) is 0.692. The van der Waals surface area contributed by atoms with Gasteiger partial charge in [0.15, 0.2) is 0 Å². The van der Waals surface area contributed by atoms with E-state index in [1.807, 2.05) is 13.0 Å². The Kier molecular flexibility index (Phi) is 3.12. The maximum absolute atomic E-state index is 6.39. The first-order chi connectivity index (χ1) is 2.41. The van der Waals surface area contributed by atoms with Gasteiger partial charge >= 0.3 is 0 Å². The molecular weight excluding hydrogens is 60.1 g/mol. The van der Waals surface area contributed by atoms with Crippen LogP contribution in [0.2, 0.25) is 0 Å². The Morgan fingerprint density at radius 2 is 2.20 bits per heavy atom. The van der Waals surface area contributed by atoms with Gasteiger partial charge in [-0.1, -0.05) is 18.2 Å². The van der Waals surface area contributed by atoms with Crippen molar-refractivity contribution in [2.24, 2.45) is 0 Å². The highest BCUT2D eigenvalue weighted by Gasteiger charge is 1.42. The van der Waals surface area contributed by atoms with Crippen LogP contribution in [-0.2, 0) is 0 Å². The van der Waals surface area contributed by atoms with Crippen LogP contribution in [-0.4, -0.2) is 0 Å². The van der Waals surface area contributed by atoms with E-state index in [9.17, 15) is 0 Å². The van der Waals surface area contributed by atoms with Gasteiger partial charge < -0.3 is 0 Å². The van der Waals surface area contributed by atoms with E-state index >= 15 is 0 Å². The van der Waals surface area contributed by atoms with E-state index in [0.29, 0.717) is 0 Å². The summed E-state index contributed by atoms with van der Waals surface area (Å²) < 4.78 is 0. The highest BCUT2D eigenvalue weighted by molar-refractivity contribution is 4.92. The number of allylic oxidation sites excluding steroid dienone is 3. The highest BCUT2D eigenvalue weighted by atomic mass is 13.5. The summed E-state index contributed by atoms with van der Waals surface area (Å²) in [5.74, 6) is 0. The second-order valence-corrected chi connectivity index (χ2v) is 0.692. The maximum atomic E-state index is 6.39. The fourth-order valence-corrected chi connectivity index (χ4v) is 0.0962. The van der Waals surface area contributed by atoms with Crippen molar-refractivity contribution in [3.05, 3.63) is 24.8 Å². The third kappa shape index (κ3) is 3.48. The first kappa shape index (κ1) is 4.48. The second kappa shape index (κ2) is 3.48. The van der Waals surface area contributed by atoms with Gasteiger partial charge in [-0.2, -0.15) is 0 Å². The van der Waals surface area contributed by atoms with Crippen molar-refractivity contribution in [2.45, 2.75) is 6.92 Å². The van der Waals surface area contributed by atoms with E-state index in [-0.39, 0.29) is 0 Å². The summed E-state index contributed by atoms with van der Waals surface area (Å²) in [6, 6.07) is 0. The van der Waals surface area contributed by atoms with Gasteiger partial charge in [-0.05, 0) is 13.5 Å². The lowest BCUT2D eigenvalue weighted by molar-refractivity contribution is 1.74. The summed E-state index contributed by atoms with van der Waals surface area (Å²) in [6.45, 7) is 8.27. The first-order valence-electron chi connectivity index (χ1n) is 1.53. The fourth-order valence-electron chi connectivity index (χ4n) is 0.0962. The standard InChI is InChI=1S/C5H6/c1-3-5-4-2/h3-5H,1H3/b5-3+. The lowest BCUT2D eigenvalue weighted by Gasteiger charge is -1.55. The summed E-state index contributed by atoms with van der Waals surface area (Å²) in [5.41, 5.74) is 0. The molecule has 26 valence electrons. The summed E-state index contributed by atoms with van der Waals surface area (Å²) in [4.78, 5) is 0. The SMILES string of the molecule is [C]=C/C=C/C. The van der Waals surface area contributed by atoms with Crippen LogP contribution in [0.5, 0.6) is 0 Å². The van der Waals surface area contributed by atoms with E-state index in [1.54, 1.807) is 6.08 Å². The number of hydrogen-bond acceptors (Lipinski definition) is 0. The van der Waals surface area contributed by atoms with Gasteiger partial charge in [-0.3, -0.25) is 0 Å². The van der Waals surface area contributed by atoms with Gasteiger partial charge in [-0.25, -0.2) is 0 Å². The van der Waals surface area contributed by atoms with Gasteiger partial charge in [0.25, 0.3) is 0 Å². The summed E-state index contributed by atoms with van der Waals surface area (Å²) in [7, 11) is 0. The molecular formula is C5H6. The molecule has 5 heavy (non-hydrogen) atoms. The zero-order chi connectivity index (χ0) is 4.12. The Hall–Kier alpha value is -0.520. The molecule has 0 aromatic rings. The molecule has 0 spiro atoms. The Morgan fingerprint density at radius 3 is 2.20 bits per heavy atom. The quantitative estimate of drug-likeness (QED) is 0.406. The Balaban J connectivity index is 2.92. The molecule has 0 heteroatoms. The molecule has 0 N–H and O–H groups in total. The lowest BCUT2D eigenvalue weighted by atomic mass is 10.5. The molecule has 0 bridgehead atoms. The van der Waals surface area contributed by atoms with E-state index in [0.717, 1.165) is 0 Å². The van der Waals surface area contributed by atoms with E-state index < -0.39 is 0 Å². The average Bonchev–Trinajstić information content (AvgIpc) is 1.41. The van der Waals surface area contributed by atoms with Crippen molar-refractivity contribution in [2.75, 3.05) is 0 Å². The minimum atomic E-state index is 1.25. The van der Waals surface area contributed by atoms with Crippen LogP contribution in [0.3, 0.4) is 0 Å². The molecule has 0 nitrogen and oxygen atoms in total. The lowest BCUT2D eigenvalue weighted by Crippen LogP contribution is -1.34. The molecule has 0 aliphatic rings. The monoisotopic (exact) mass is 66.0 g/mol. The topological polar surface area (TPSA) is 0 Å². The van der Waals surface area contributed by atoms with Crippen LogP contribution in [0.15, 0.2) is 18.2 Å². The van der Waals surface area contributed by atoms with Crippen LogP contribution in [0.4, 0.5) is 0 Å². The van der Waals surface area contributed by atoms with Crippen LogP contribution >= 0.6 is 0 Å². The molecule has 0 saturated heterocycles. The van der Waals surface area contributed by atoms with Gasteiger partial charge in [-0.15, -0.1) is 0 Å². The van der Waals surface area contributed by atoms with Crippen LogP contribution < -0.4 is 0 Å². The van der Waals surface area contributed by atoms with E-state index in [1.165, 1.54) is 6.08 Å². The predicted molar refractivity (Wildman–Crippen MR) is 22.6 cm³/mol. The molecule has 0 heterocycles. The summed E-state index contributed by atoms with van der Waals surface area (Å²) in [5, 5.41) is 0. The van der Waals surface area contributed by atoms with Gasteiger partial charge in [0, 0.05) is 0 Å². The molecule has 0 atom stereocenters. The maximum Gasteiger partial charge on any atom is -0.00991 e. The molecule has 0 rings (SSSR count). The summed E-state index contributed by atoms with van der Waals surface area (Å²) >= 11 is 0. The number of hydrogen-bond donors (Lipinski definition) is 0. The minimum Gasteiger partial charge on any atom is -0.0876 e. The molecule has 0 aliphatic carbocycles. The van der Waals surface area contributed by atoms with Crippen LogP contribution in [0.1, 0.15) is 6.92 Å². The van der Waals surface area contributed by atoms with Crippen molar-refractivity contribution in [3.8, 4) is 0 Å². The largest absolute Gasteiger partial charge is 0.0876 e. The third-order valence-electron chi connectivity index (χ3n) is 0.289. The Morgan fingerprint density at radius 1 is 1.60 bits per heavy atom. The Bertz CT molecular complexity index is 42.0. The third-order valence-corrected chi connectivity index (χ3v) is 0.289. The van der Waals surface area contributed by atoms with Gasteiger partial charge in [0.1, 0.15) is 0 Å². The van der Waals surface area contributed by atoms with Crippen LogP contribution in [0.25, 0.3) is 0 Å². The van der Waals surface area contributed by atoms with E-state index in [2.05, 4.69) is 0 Å². The molecule has 0 saturated carbocycles. The zero-order valence-electron chi connectivity index (χ0n) is 3.23. The predicted octanol–water partition coefficient (Wildman–Crippen LogP) is 1.43. The van der Waals surface area contributed by atoms with E-state index in [4.69, 9.17) is 6.58 Å². The zero-order valence-corrected chi connectivity index (χ0v) is 3.23. The Labute approximate surface area is 32.8 Å². The van der Waals surface area contributed by atoms with Crippen molar-refractivity contribution in [1.82, 2.24) is 0 Å². The molecule has 0 aromatic heterocycles. The molecule has 0 unspecified atom stereocenters. The molecule has 0 amide bonds. The van der Waals surface area contributed by atoms with Crippen molar-refractivity contribution < 1.29 is 0 Å². The average molecular weight is 66.1 g/mol. The number of rotatable bonds is 1. The molecule has 0 aromatic carbocycles. The summed E-state index contributed by atoms with van der Waals surface area (Å²) in [6.07, 6.45) is 4.73.